The van der Waals surface area contributed by atoms with Crippen LogP contribution in [-0.2, 0) is 10.2 Å². The van der Waals surface area contributed by atoms with Crippen molar-refractivity contribution in [3.63, 3.8) is 0 Å². The maximum Gasteiger partial charge on any atom is 0.282 e. The number of hydrogen-bond acceptors (Lipinski definition) is 6. The third kappa shape index (κ3) is 3.79. The van der Waals surface area contributed by atoms with Gasteiger partial charge < -0.3 is 15.6 Å². The Labute approximate surface area is 177 Å². The molecule has 166 valence electrons. The van der Waals surface area contributed by atoms with Gasteiger partial charge in [0.25, 0.3) is 16.1 Å². The second kappa shape index (κ2) is 7.89. The van der Waals surface area contributed by atoms with Gasteiger partial charge in [-0.25, -0.2) is 0 Å². The molecule has 1 saturated carbocycles. The molecule has 9 nitrogen and oxygen atoms in total. The number of carbonyl (C=O) groups excluding carboxylic acids is 1. The SMILES string of the molecule is NCC1CCN(S(=O)(=O)N2[C@@H]3CC[C@H]2C[C@@H](NC(=O)c2cc(C4CC4)on2)C3)CC1. The van der Waals surface area contributed by atoms with Gasteiger partial charge in [0, 0.05) is 43.2 Å². The lowest BCUT2D eigenvalue weighted by Crippen LogP contribution is -2.57. The number of nitrogens with zero attached hydrogens (tertiary/aromatic N) is 3. The molecule has 4 heterocycles. The molecule has 1 aromatic rings. The van der Waals surface area contributed by atoms with Crippen molar-refractivity contribution in [2.24, 2.45) is 11.7 Å². The zero-order valence-corrected chi connectivity index (χ0v) is 18.0. The van der Waals surface area contributed by atoms with Gasteiger partial charge >= 0.3 is 0 Å². The first-order chi connectivity index (χ1) is 14.5. The van der Waals surface area contributed by atoms with Crippen LogP contribution in [0.5, 0.6) is 0 Å². The number of piperidine rings is 2. The summed E-state index contributed by atoms with van der Waals surface area (Å²) >= 11 is 0. The van der Waals surface area contributed by atoms with Crippen LogP contribution >= 0.6 is 0 Å². The highest BCUT2D eigenvalue weighted by Gasteiger charge is 2.49. The maximum absolute atomic E-state index is 13.3. The lowest BCUT2D eigenvalue weighted by molar-refractivity contribution is 0.0897. The normalized spacial score (nSPS) is 31.2. The van der Waals surface area contributed by atoms with Crippen molar-refractivity contribution in [2.45, 2.75) is 75.4 Å². The average molecular weight is 438 g/mol. The van der Waals surface area contributed by atoms with Gasteiger partial charge in [-0.05, 0) is 63.8 Å². The van der Waals surface area contributed by atoms with E-state index in [1.807, 2.05) is 0 Å². The van der Waals surface area contributed by atoms with Crippen LogP contribution in [0, 0.1) is 5.92 Å². The smallest absolute Gasteiger partial charge is 0.282 e. The van der Waals surface area contributed by atoms with Crippen LogP contribution in [-0.4, -0.2) is 65.9 Å². The van der Waals surface area contributed by atoms with Crippen molar-refractivity contribution < 1.29 is 17.7 Å². The van der Waals surface area contributed by atoms with Gasteiger partial charge in [-0.1, -0.05) is 5.16 Å². The van der Waals surface area contributed by atoms with Gasteiger partial charge in [0.15, 0.2) is 5.69 Å². The molecule has 0 aromatic carbocycles. The number of nitrogens with two attached hydrogens (primary N) is 1. The molecule has 5 rings (SSSR count). The van der Waals surface area contributed by atoms with Crippen molar-refractivity contribution >= 4 is 16.1 Å². The first kappa shape index (κ1) is 20.4. The third-order valence-electron chi connectivity index (χ3n) is 7.24. The fourth-order valence-electron chi connectivity index (χ4n) is 5.35. The fraction of sp³-hybridized carbons (Fsp3) is 0.800. The molecule has 30 heavy (non-hydrogen) atoms. The van der Waals surface area contributed by atoms with Crippen LogP contribution in [0.3, 0.4) is 0 Å². The summed E-state index contributed by atoms with van der Waals surface area (Å²) in [6.07, 6.45) is 6.85. The summed E-state index contributed by atoms with van der Waals surface area (Å²) < 4.78 is 35.3. The Morgan fingerprint density at radius 3 is 2.40 bits per heavy atom. The molecule has 0 radical (unpaired) electrons. The predicted molar refractivity (Wildman–Crippen MR) is 110 cm³/mol. The molecule has 3 N–H and O–H groups in total. The number of aromatic nitrogens is 1. The van der Waals surface area contributed by atoms with Crippen LogP contribution in [0.4, 0.5) is 0 Å². The zero-order valence-electron chi connectivity index (χ0n) is 17.2. The van der Waals surface area contributed by atoms with Crippen LogP contribution < -0.4 is 11.1 Å². The van der Waals surface area contributed by atoms with Gasteiger partial charge in [0.05, 0.1) is 0 Å². The molecule has 1 aliphatic carbocycles. The second-order valence-corrected chi connectivity index (χ2v) is 11.2. The van der Waals surface area contributed by atoms with Gasteiger partial charge in [-0.15, -0.1) is 0 Å². The Hall–Kier alpha value is -1.49. The number of carbonyl (C=O) groups is 1. The minimum Gasteiger partial charge on any atom is -0.360 e. The fourth-order valence-corrected chi connectivity index (χ4v) is 7.43. The van der Waals surface area contributed by atoms with Crippen molar-refractivity contribution in [1.29, 1.82) is 0 Å². The quantitative estimate of drug-likeness (QED) is 0.689. The van der Waals surface area contributed by atoms with Crippen LogP contribution in [0.2, 0.25) is 0 Å². The van der Waals surface area contributed by atoms with Crippen molar-refractivity contribution in [1.82, 2.24) is 19.1 Å². The standard InChI is InChI=1S/C20H31N5O4S/c21-12-13-5-7-24(8-6-13)30(27,28)25-16-3-4-17(25)10-15(9-16)22-20(26)18-11-19(29-23-18)14-1-2-14/h11,13-17H,1-10,12,21H2,(H,22,26)/t15-,16+,17-. The van der Waals surface area contributed by atoms with E-state index in [1.165, 1.54) is 0 Å². The first-order valence-electron chi connectivity index (χ1n) is 11.2. The van der Waals surface area contributed by atoms with Crippen LogP contribution in [0.15, 0.2) is 10.6 Å². The van der Waals surface area contributed by atoms with E-state index in [0.717, 1.165) is 44.3 Å². The lowest BCUT2D eigenvalue weighted by Gasteiger charge is -2.42. The third-order valence-corrected chi connectivity index (χ3v) is 9.39. The first-order valence-corrected chi connectivity index (χ1v) is 12.6. The molecular weight excluding hydrogens is 406 g/mol. The summed E-state index contributed by atoms with van der Waals surface area (Å²) in [6, 6.07) is 1.60. The molecule has 1 amide bonds. The highest BCUT2D eigenvalue weighted by molar-refractivity contribution is 7.86. The minimum absolute atomic E-state index is 0.0366. The summed E-state index contributed by atoms with van der Waals surface area (Å²) in [7, 11) is -3.47. The molecule has 3 aliphatic heterocycles. The Morgan fingerprint density at radius 1 is 1.13 bits per heavy atom. The van der Waals surface area contributed by atoms with E-state index in [-0.39, 0.29) is 24.0 Å². The topological polar surface area (TPSA) is 122 Å². The van der Waals surface area contributed by atoms with Gasteiger partial charge in [0.1, 0.15) is 5.76 Å². The van der Waals surface area contributed by atoms with Crippen molar-refractivity contribution in [3.8, 4) is 0 Å². The van der Waals surface area contributed by atoms with Crippen molar-refractivity contribution in [2.75, 3.05) is 19.6 Å². The maximum atomic E-state index is 13.3. The highest BCUT2D eigenvalue weighted by Crippen LogP contribution is 2.41. The minimum atomic E-state index is -3.47. The Morgan fingerprint density at radius 2 is 1.80 bits per heavy atom. The van der Waals surface area contributed by atoms with Crippen molar-refractivity contribution in [3.05, 3.63) is 17.5 Å². The van der Waals surface area contributed by atoms with Gasteiger partial charge in [-0.3, -0.25) is 4.79 Å². The van der Waals surface area contributed by atoms with E-state index in [0.29, 0.717) is 50.0 Å². The Bertz CT molecular complexity index is 877. The lowest BCUT2D eigenvalue weighted by atomic mass is 9.99. The summed E-state index contributed by atoms with van der Waals surface area (Å²) in [5, 5.41) is 6.98. The number of nitrogens with one attached hydrogen (secondary N) is 1. The number of hydrogen-bond donors (Lipinski definition) is 2. The summed E-state index contributed by atoms with van der Waals surface area (Å²) in [5.41, 5.74) is 6.07. The molecular formula is C20H31N5O4S. The molecule has 0 unspecified atom stereocenters. The summed E-state index contributed by atoms with van der Waals surface area (Å²) in [4.78, 5) is 12.6. The van der Waals surface area contributed by atoms with E-state index in [2.05, 4.69) is 10.5 Å². The molecule has 3 atom stereocenters. The largest absolute Gasteiger partial charge is 0.360 e. The monoisotopic (exact) mass is 437 g/mol. The van der Waals surface area contributed by atoms with E-state index >= 15 is 0 Å². The average Bonchev–Trinajstić information content (AvgIpc) is 3.40. The molecule has 4 fully saturated rings. The summed E-state index contributed by atoms with van der Waals surface area (Å²) in [6.45, 7) is 1.73. The number of fused-ring (bicyclic) bond motifs is 2. The number of rotatable bonds is 6. The van der Waals surface area contributed by atoms with Crippen LogP contribution in [0.1, 0.15) is 73.5 Å². The molecule has 2 bridgehead atoms. The van der Waals surface area contributed by atoms with Gasteiger partial charge in [0.2, 0.25) is 0 Å². The van der Waals surface area contributed by atoms with E-state index in [1.54, 1.807) is 14.7 Å². The van der Waals surface area contributed by atoms with E-state index in [9.17, 15) is 13.2 Å². The highest BCUT2D eigenvalue weighted by atomic mass is 32.2. The Balaban J connectivity index is 1.21. The summed E-state index contributed by atoms with van der Waals surface area (Å²) in [5.74, 6) is 1.40. The van der Waals surface area contributed by atoms with E-state index < -0.39 is 10.2 Å². The predicted octanol–water partition coefficient (Wildman–Crippen LogP) is 1.19. The van der Waals surface area contributed by atoms with Crippen LogP contribution in [0.25, 0.3) is 0 Å². The molecule has 1 aromatic heterocycles. The van der Waals surface area contributed by atoms with Gasteiger partial charge in [-0.2, -0.15) is 17.0 Å². The molecule has 10 heteroatoms. The van der Waals surface area contributed by atoms with E-state index in [4.69, 9.17) is 10.3 Å². The molecule has 0 spiro atoms. The molecule has 3 saturated heterocycles. The zero-order chi connectivity index (χ0) is 20.9. The second-order valence-electron chi connectivity index (χ2n) is 9.33. The molecule has 4 aliphatic rings. The number of amides is 1. The Kier molecular flexibility index (Phi) is 5.37.